The molecule has 1 aliphatic heterocycles. The summed E-state index contributed by atoms with van der Waals surface area (Å²) in [7, 11) is 1.83. The second-order valence-corrected chi connectivity index (χ2v) is 6.93. The van der Waals surface area contributed by atoms with Crippen molar-refractivity contribution in [1.82, 2.24) is 29.2 Å². The summed E-state index contributed by atoms with van der Waals surface area (Å²) >= 11 is 0. The van der Waals surface area contributed by atoms with E-state index in [1.165, 1.54) is 12.1 Å². The molecule has 0 spiro atoms. The number of hydrogen-bond donors (Lipinski definition) is 1. The van der Waals surface area contributed by atoms with E-state index in [0.29, 0.717) is 37.1 Å². The summed E-state index contributed by atoms with van der Waals surface area (Å²) in [6, 6.07) is 3.27. The van der Waals surface area contributed by atoms with E-state index in [-0.39, 0.29) is 11.5 Å². The van der Waals surface area contributed by atoms with Crippen molar-refractivity contribution in [3.63, 3.8) is 0 Å². The monoisotopic (exact) mass is 379 g/mol. The SMILES string of the molecule is C=CC(=O)N1CC(CCn2c(=O)ccc3cnc(Nc4cnn(C)c4)nc32)C1. The Labute approximate surface area is 161 Å². The molecule has 0 atom stereocenters. The molecular formula is C19H21N7O2. The molecule has 1 amide bonds. The Hall–Kier alpha value is -3.49. The minimum absolute atomic E-state index is 0.0440. The summed E-state index contributed by atoms with van der Waals surface area (Å²) in [5.41, 5.74) is 1.26. The highest BCUT2D eigenvalue weighted by atomic mass is 16.2. The molecule has 1 fully saturated rings. The molecule has 9 nitrogen and oxygen atoms in total. The molecule has 0 bridgehead atoms. The first-order chi connectivity index (χ1) is 13.5. The summed E-state index contributed by atoms with van der Waals surface area (Å²) in [6.45, 7) is 5.45. The standard InChI is InChI=1S/C19H21N7O2/c1-3-16(27)25-10-13(11-25)6-7-26-17(28)5-4-14-8-20-19(23-18(14)26)22-15-9-21-24(2)12-15/h3-5,8-9,12-13H,1,6-7,10-11H2,2H3,(H,20,22,23). The molecule has 1 saturated heterocycles. The van der Waals surface area contributed by atoms with Crippen LogP contribution in [0.2, 0.25) is 0 Å². The van der Waals surface area contributed by atoms with Gasteiger partial charge in [-0.25, -0.2) is 4.98 Å². The quantitative estimate of drug-likeness (QED) is 0.649. The molecular weight excluding hydrogens is 358 g/mol. The Bertz CT molecular complexity index is 1100. The van der Waals surface area contributed by atoms with Gasteiger partial charge in [-0.05, 0) is 24.5 Å². The number of nitrogens with one attached hydrogen (secondary N) is 1. The van der Waals surface area contributed by atoms with E-state index in [1.807, 2.05) is 13.2 Å². The van der Waals surface area contributed by atoms with E-state index in [4.69, 9.17) is 0 Å². The van der Waals surface area contributed by atoms with Crippen molar-refractivity contribution in [2.24, 2.45) is 13.0 Å². The fourth-order valence-corrected chi connectivity index (χ4v) is 3.34. The number of aromatic nitrogens is 5. The zero-order valence-electron chi connectivity index (χ0n) is 15.6. The van der Waals surface area contributed by atoms with Crippen molar-refractivity contribution in [2.45, 2.75) is 13.0 Å². The molecule has 0 aromatic carbocycles. The normalized spacial score (nSPS) is 14.1. The number of likely N-dealkylation sites (tertiary alicyclic amines) is 1. The second kappa shape index (κ2) is 7.26. The number of amides is 1. The molecule has 0 unspecified atom stereocenters. The van der Waals surface area contributed by atoms with Crippen molar-refractivity contribution < 1.29 is 4.79 Å². The van der Waals surface area contributed by atoms with Crippen LogP contribution >= 0.6 is 0 Å². The van der Waals surface area contributed by atoms with Crippen molar-refractivity contribution in [1.29, 1.82) is 0 Å². The minimum Gasteiger partial charge on any atom is -0.338 e. The van der Waals surface area contributed by atoms with E-state index < -0.39 is 0 Å². The van der Waals surface area contributed by atoms with Crippen molar-refractivity contribution in [2.75, 3.05) is 18.4 Å². The van der Waals surface area contributed by atoms with Crippen molar-refractivity contribution in [3.8, 4) is 0 Å². The van der Waals surface area contributed by atoms with Crippen molar-refractivity contribution in [3.05, 3.63) is 53.7 Å². The number of pyridine rings is 1. The number of nitrogens with zero attached hydrogens (tertiary/aromatic N) is 6. The summed E-state index contributed by atoms with van der Waals surface area (Å²) in [6.07, 6.45) is 7.33. The molecule has 0 saturated carbocycles. The average molecular weight is 379 g/mol. The molecule has 0 aliphatic carbocycles. The lowest BCUT2D eigenvalue weighted by atomic mass is 9.96. The van der Waals surface area contributed by atoms with Gasteiger partial charge < -0.3 is 10.2 Å². The topological polar surface area (TPSA) is 97.9 Å². The number of aryl methyl sites for hydroxylation is 2. The van der Waals surface area contributed by atoms with Gasteiger partial charge in [0.1, 0.15) is 5.65 Å². The van der Waals surface area contributed by atoms with Crippen LogP contribution in [0.15, 0.2) is 48.2 Å². The van der Waals surface area contributed by atoms with E-state index >= 15 is 0 Å². The Morgan fingerprint density at radius 3 is 2.89 bits per heavy atom. The van der Waals surface area contributed by atoms with Gasteiger partial charge in [-0.1, -0.05) is 6.58 Å². The molecule has 144 valence electrons. The summed E-state index contributed by atoms with van der Waals surface area (Å²) < 4.78 is 3.35. The number of carbonyl (C=O) groups excluding carboxylic acids is 1. The first-order valence-electron chi connectivity index (χ1n) is 9.07. The molecule has 4 heterocycles. The van der Waals surface area contributed by atoms with Gasteiger partial charge >= 0.3 is 0 Å². The van der Waals surface area contributed by atoms with Crippen LogP contribution in [0.4, 0.5) is 11.6 Å². The third-order valence-electron chi connectivity index (χ3n) is 4.89. The van der Waals surface area contributed by atoms with E-state index in [1.54, 1.807) is 32.6 Å². The number of hydrogen-bond acceptors (Lipinski definition) is 6. The van der Waals surface area contributed by atoms with Gasteiger partial charge in [0.2, 0.25) is 11.9 Å². The van der Waals surface area contributed by atoms with Crippen LogP contribution in [0.3, 0.4) is 0 Å². The van der Waals surface area contributed by atoms with E-state index in [2.05, 4.69) is 27.0 Å². The van der Waals surface area contributed by atoms with Gasteiger partial charge in [0.05, 0.1) is 11.9 Å². The van der Waals surface area contributed by atoms with Crippen LogP contribution in [0.1, 0.15) is 6.42 Å². The van der Waals surface area contributed by atoms with Crippen molar-refractivity contribution >= 4 is 28.6 Å². The Kier molecular flexibility index (Phi) is 4.64. The van der Waals surface area contributed by atoms with Crippen LogP contribution in [0, 0.1) is 5.92 Å². The highest BCUT2D eigenvalue weighted by Crippen LogP contribution is 2.21. The lowest BCUT2D eigenvalue weighted by Gasteiger charge is -2.38. The predicted molar refractivity (Wildman–Crippen MR) is 105 cm³/mol. The Balaban J connectivity index is 1.52. The Morgan fingerprint density at radius 2 is 2.18 bits per heavy atom. The van der Waals surface area contributed by atoms with Gasteiger partial charge in [-0.15, -0.1) is 0 Å². The van der Waals surface area contributed by atoms with Crippen LogP contribution in [-0.2, 0) is 18.4 Å². The first-order valence-corrected chi connectivity index (χ1v) is 9.07. The third-order valence-corrected chi connectivity index (χ3v) is 4.89. The van der Waals surface area contributed by atoms with Crippen LogP contribution in [0.25, 0.3) is 11.0 Å². The highest BCUT2D eigenvalue weighted by molar-refractivity contribution is 5.87. The number of anilines is 2. The average Bonchev–Trinajstić information content (AvgIpc) is 3.06. The third kappa shape index (κ3) is 3.51. The summed E-state index contributed by atoms with van der Waals surface area (Å²) in [5, 5.41) is 8.01. The largest absolute Gasteiger partial charge is 0.338 e. The lowest BCUT2D eigenvalue weighted by Crippen LogP contribution is -2.49. The van der Waals surface area contributed by atoms with Gasteiger partial charge in [-0.2, -0.15) is 10.1 Å². The molecule has 4 rings (SSSR count). The molecule has 1 N–H and O–H groups in total. The summed E-state index contributed by atoms with van der Waals surface area (Å²) in [4.78, 5) is 34.6. The van der Waals surface area contributed by atoms with Crippen LogP contribution in [0.5, 0.6) is 0 Å². The number of carbonyl (C=O) groups is 1. The van der Waals surface area contributed by atoms with Gasteiger partial charge in [-0.3, -0.25) is 18.8 Å². The zero-order chi connectivity index (χ0) is 19.7. The maximum absolute atomic E-state index is 12.4. The molecule has 9 heteroatoms. The molecule has 28 heavy (non-hydrogen) atoms. The Morgan fingerprint density at radius 1 is 1.36 bits per heavy atom. The molecule has 3 aromatic heterocycles. The smallest absolute Gasteiger partial charge is 0.252 e. The lowest BCUT2D eigenvalue weighted by molar-refractivity contribution is -0.132. The minimum atomic E-state index is -0.100. The van der Waals surface area contributed by atoms with Gasteiger partial charge in [0, 0.05) is 50.5 Å². The molecule has 1 aliphatic rings. The summed E-state index contributed by atoms with van der Waals surface area (Å²) in [5.74, 6) is 0.740. The fraction of sp³-hybridized carbons (Fsp3) is 0.316. The van der Waals surface area contributed by atoms with Crippen LogP contribution < -0.4 is 10.9 Å². The maximum Gasteiger partial charge on any atom is 0.252 e. The predicted octanol–water partition coefficient (Wildman–Crippen LogP) is 1.30. The first kappa shape index (κ1) is 17.9. The number of fused-ring (bicyclic) bond motifs is 1. The van der Waals surface area contributed by atoms with Gasteiger partial charge in [0.25, 0.3) is 5.56 Å². The fourth-order valence-electron chi connectivity index (χ4n) is 3.34. The molecule has 3 aromatic rings. The second-order valence-electron chi connectivity index (χ2n) is 6.93. The zero-order valence-corrected chi connectivity index (χ0v) is 15.6. The van der Waals surface area contributed by atoms with E-state index in [0.717, 1.165) is 17.5 Å². The van der Waals surface area contributed by atoms with Crippen LogP contribution in [-0.4, -0.2) is 48.2 Å². The van der Waals surface area contributed by atoms with Gasteiger partial charge in [0.15, 0.2) is 0 Å². The maximum atomic E-state index is 12.4. The van der Waals surface area contributed by atoms with E-state index in [9.17, 15) is 9.59 Å². The highest BCUT2D eigenvalue weighted by Gasteiger charge is 2.28. The molecule has 0 radical (unpaired) electrons. The number of rotatable bonds is 6.